The van der Waals surface area contributed by atoms with Crippen LogP contribution < -0.4 is 0 Å². The van der Waals surface area contributed by atoms with E-state index in [4.69, 9.17) is 0 Å². The second-order valence-electron chi connectivity index (χ2n) is 2.10. The van der Waals surface area contributed by atoms with Crippen LogP contribution in [0.3, 0.4) is 0 Å². The summed E-state index contributed by atoms with van der Waals surface area (Å²) in [5, 5.41) is 0. The SMILES string of the molecule is C=CC=NC(C=C)=C(C)C. The fourth-order valence-electron chi connectivity index (χ4n) is 0.519. The second kappa shape index (κ2) is 4.74. The summed E-state index contributed by atoms with van der Waals surface area (Å²) in [5.74, 6) is 0. The fourth-order valence-corrected chi connectivity index (χ4v) is 0.519. The van der Waals surface area contributed by atoms with E-state index in [9.17, 15) is 0 Å². The molecule has 0 rings (SSSR count). The Morgan fingerprint density at radius 2 is 1.90 bits per heavy atom. The summed E-state index contributed by atoms with van der Waals surface area (Å²) in [6.07, 6.45) is 5.03. The molecule has 1 heteroatoms. The van der Waals surface area contributed by atoms with Gasteiger partial charge >= 0.3 is 0 Å². The maximum atomic E-state index is 4.08. The van der Waals surface area contributed by atoms with Gasteiger partial charge < -0.3 is 0 Å². The number of allylic oxidation sites excluding steroid dienone is 3. The standard InChI is InChI=1S/C9H13N/c1-5-7-10-9(6-2)8(3)4/h5-7H,1-2H2,3-4H3. The number of hydrogen-bond donors (Lipinski definition) is 0. The van der Waals surface area contributed by atoms with E-state index in [1.807, 2.05) is 13.8 Å². The Morgan fingerprint density at radius 3 is 2.20 bits per heavy atom. The first-order valence-electron chi connectivity index (χ1n) is 3.17. The van der Waals surface area contributed by atoms with Gasteiger partial charge in [0.15, 0.2) is 0 Å². The van der Waals surface area contributed by atoms with Crippen molar-refractivity contribution in [2.45, 2.75) is 13.8 Å². The third kappa shape index (κ3) is 3.02. The highest BCUT2D eigenvalue weighted by atomic mass is 14.7. The van der Waals surface area contributed by atoms with Crippen molar-refractivity contribution in [3.63, 3.8) is 0 Å². The van der Waals surface area contributed by atoms with E-state index in [1.54, 1.807) is 18.4 Å². The average Bonchev–Trinajstić information content (AvgIpc) is 1.89. The van der Waals surface area contributed by atoms with E-state index in [-0.39, 0.29) is 0 Å². The van der Waals surface area contributed by atoms with E-state index >= 15 is 0 Å². The molecule has 0 atom stereocenters. The summed E-state index contributed by atoms with van der Waals surface area (Å²) in [6, 6.07) is 0. The first kappa shape index (κ1) is 8.89. The van der Waals surface area contributed by atoms with Crippen LogP contribution in [0.4, 0.5) is 0 Å². The molecule has 0 unspecified atom stereocenters. The predicted molar refractivity (Wildman–Crippen MR) is 47.3 cm³/mol. The summed E-state index contributed by atoms with van der Waals surface area (Å²) >= 11 is 0. The zero-order valence-electron chi connectivity index (χ0n) is 6.59. The topological polar surface area (TPSA) is 12.4 Å². The molecular formula is C9H13N. The van der Waals surface area contributed by atoms with Crippen LogP contribution in [0.2, 0.25) is 0 Å². The molecule has 0 bridgehead atoms. The molecule has 0 amide bonds. The van der Waals surface area contributed by atoms with Crippen LogP contribution in [0.25, 0.3) is 0 Å². The van der Waals surface area contributed by atoms with E-state index in [2.05, 4.69) is 18.2 Å². The van der Waals surface area contributed by atoms with Crippen molar-refractivity contribution in [2.75, 3.05) is 0 Å². The Morgan fingerprint density at radius 1 is 1.30 bits per heavy atom. The zero-order chi connectivity index (χ0) is 7.98. The number of nitrogens with zero attached hydrogens (tertiary/aromatic N) is 1. The lowest BCUT2D eigenvalue weighted by Gasteiger charge is -1.93. The lowest BCUT2D eigenvalue weighted by atomic mass is 10.2. The molecule has 0 aromatic rings. The first-order valence-corrected chi connectivity index (χ1v) is 3.17. The molecule has 0 aliphatic rings. The molecule has 0 spiro atoms. The average molecular weight is 135 g/mol. The number of hydrogen-bond acceptors (Lipinski definition) is 1. The predicted octanol–water partition coefficient (Wildman–Crippen LogP) is 2.72. The largest absolute Gasteiger partial charge is 0.257 e. The minimum absolute atomic E-state index is 0.917. The molecule has 10 heavy (non-hydrogen) atoms. The summed E-state index contributed by atoms with van der Waals surface area (Å²) in [7, 11) is 0. The van der Waals surface area contributed by atoms with Crippen LogP contribution in [0.1, 0.15) is 13.8 Å². The summed E-state index contributed by atoms with van der Waals surface area (Å²) in [6.45, 7) is 11.1. The number of rotatable bonds is 3. The van der Waals surface area contributed by atoms with Crippen LogP contribution >= 0.6 is 0 Å². The first-order chi connectivity index (χ1) is 4.72. The maximum absolute atomic E-state index is 4.08. The third-order valence-electron chi connectivity index (χ3n) is 1.02. The van der Waals surface area contributed by atoms with Crippen LogP contribution in [0, 0.1) is 0 Å². The molecule has 0 aromatic carbocycles. The van der Waals surface area contributed by atoms with Crippen LogP contribution in [-0.2, 0) is 0 Å². The molecule has 0 fully saturated rings. The van der Waals surface area contributed by atoms with Crippen LogP contribution in [0.15, 0.2) is 41.6 Å². The number of aliphatic imine (C=N–C) groups is 1. The summed E-state index contributed by atoms with van der Waals surface area (Å²) in [4.78, 5) is 4.08. The van der Waals surface area contributed by atoms with Crippen molar-refractivity contribution in [3.8, 4) is 0 Å². The van der Waals surface area contributed by atoms with Gasteiger partial charge in [0.1, 0.15) is 0 Å². The molecule has 0 saturated carbocycles. The van der Waals surface area contributed by atoms with Gasteiger partial charge in [-0.1, -0.05) is 24.8 Å². The fraction of sp³-hybridized carbons (Fsp3) is 0.222. The Bertz CT molecular complexity index is 181. The van der Waals surface area contributed by atoms with E-state index < -0.39 is 0 Å². The highest BCUT2D eigenvalue weighted by Crippen LogP contribution is 2.04. The molecule has 0 aromatic heterocycles. The Labute approximate surface area is 62.5 Å². The van der Waals surface area contributed by atoms with Gasteiger partial charge in [-0.05, 0) is 19.9 Å². The molecular weight excluding hydrogens is 122 g/mol. The quantitative estimate of drug-likeness (QED) is 0.417. The van der Waals surface area contributed by atoms with Crippen molar-refractivity contribution in [3.05, 3.63) is 36.6 Å². The van der Waals surface area contributed by atoms with Gasteiger partial charge in [-0.15, -0.1) is 0 Å². The van der Waals surface area contributed by atoms with Gasteiger partial charge in [0.2, 0.25) is 0 Å². The minimum atomic E-state index is 0.917. The van der Waals surface area contributed by atoms with Gasteiger partial charge in [-0.2, -0.15) is 0 Å². The van der Waals surface area contributed by atoms with Crippen molar-refractivity contribution < 1.29 is 0 Å². The molecule has 0 saturated heterocycles. The lowest BCUT2D eigenvalue weighted by Crippen LogP contribution is -1.76. The van der Waals surface area contributed by atoms with Crippen LogP contribution in [-0.4, -0.2) is 6.21 Å². The minimum Gasteiger partial charge on any atom is -0.257 e. The van der Waals surface area contributed by atoms with Crippen LogP contribution in [0.5, 0.6) is 0 Å². The highest BCUT2D eigenvalue weighted by molar-refractivity contribution is 5.71. The smallest absolute Gasteiger partial charge is 0.0610 e. The molecule has 0 radical (unpaired) electrons. The van der Waals surface area contributed by atoms with E-state index in [1.165, 1.54) is 0 Å². The zero-order valence-corrected chi connectivity index (χ0v) is 6.59. The van der Waals surface area contributed by atoms with Crippen molar-refractivity contribution in [1.29, 1.82) is 0 Å². The molecule has 0 aliphatic carbocycles. The summed E-state index contributed by atoms with van der Waals surface area (Å²) < 4.78 is 0. The van der Waals surface area contributed by atoms with E-state index in [0.29, 0.717) is 0 Å². The molecule has 0 N–H and O–H groups in total. The Hall–Kier alpha value is -1.11. The maximum Gasteiger partial charge on any atom is 0.0610 e. The normalized spacial score (nSPS) is 9.40. The van der Waals surface area contributed by atoms with E-state index in [0.717, 1.165) is 11.3 Å². The summed E-state index contributed by atoms with van der Waals surface area (Å²) in [5.41, 5.74) is 2.08. The Kier molecular flexibility index (Phi) is 4.21. The van der Waals surface area contributed by atoms with Crippen molar-refractivity contribution in [2.24, 2.45) is 4.99 Å². The third-order valence-corrected chi connectivity index (χ3v) is 1.02. The molecule has 54 valence electrons. The molecule has 0 heterocycles. The van der Waals surface area contributed by atoms with Gasteiger partial charge in [-0.25, -0.2) is 0 Å². The van der Waals surface area contributed by atoms with Crippen molar-refractivity contribution >= 4 is 6.21 Å². The second-order valence-corrected chi connectivity index (χ2v) is 2.10. The molecule has 1 nitrogen and oxygen atoms in total. The van der Waals surface area contributed by atoms with Crippen molar-refractivity contribution in [1.82, 2.24) is 0 Å². The van der Waals surface area contributed by atoms with Gasteiger partial charge in [0.05, 0.1) is 5.70 Å². The van der Waals surface area contributed by atoms with Gasteiger partial charge in [0, 0.05) is 6.21 Å². The van der Waals surface area contributed by atoms with Gasteiger partial charge in [0.25, 0.3) is 0 Å². The van der Waals surface area contributed by atoms with Gasteiger partial charge in [-0.3, -0.25) is 4.99 Å². The lowest BCUT2D eigenvalue weighted by molar-refractivity contribution is 1.26. The monoisotopic (exact) mass is 135 g/mol. The molecule has 0 aliphatic heterocycles. The Balaban J connectivity index is 4.38. The highest BCUT2D eigenvalue weighted by Gasteiger charge is 1.86.